The second-order valence-electron chi connectivity index (χ2n) is 9.61. The van der Waals surface area contributed by atoms with Crippen LogP contribution in [0.15, 0.2) is 78.4 Å². The number of carbonyl (C=O) groups excluding carboxylic acids is 2. The molecule has 0 aliphatic carbocycles. The van der Waals surface area contributed by atoms with E-state index in [0.29, 0.717) is 23.8 Å². The molecule has 1 N–H and O–H groups in total. The molecule has 1 fully saturated rings. The molecule has 1 amide bonds. The fourth-order valence-corrected chi connectivity index (χ4v) is 4.54. The van der Waals surface area contributed by atoms with Gasteiger partial charge in [-0.3, -0.25) is 9.59 Å². The van der Waals surface area contributed by atoms with E-state index in [9.17, 15) is 14.7 Å². The summed E-state index contributed by atoms with van der Waals surface area (Å²) in [6.07, 6.45) is 0. The van der Waals surface area contributed by atoms with Crippen molar-refractivity contribution in [3.63, 3.8) is 0 Å². The fourth-order valence-electron chi connectivity index (χ4n) is 4.54. The van der Waals surface area contributed by atoms with Gasteiger partial charge in [-0.25, -0.2) is 0 Å². The molecule has 3 aromatic rings. The van der Waals surface area contributed by atoms with Gasteiger partial charge in [0, 0.05) is 19.2 Å². The normalized spacial score (nSPS) is 17.0. The van der Waals surface area contributed by atoms with Gasteiger partial charge in [0.15, 0.2) is 0 Å². The van der Waals surface area contributed by atoms with Gasteiger partial charge in [0.05, 0.1) is 18.2 Å². The number of benzene rings is 3. The summed E-state index contributed by atoms with van der Waals surface area (Å²) in [6, 6.07) is 22.1. The number of rotatable bonds is 9. The predicted molar refractivity (Wildman–Crippen MR) is 143 cm³/mol. The Hall–Kier alpha value is -3.90. The van der Waals surface area contributed by atoms with Gasteiger partial charge in [-0.15, -0.1) is 0 Å². The fraction of sp³-hybridized carbons (Fsp3) is 0.290. The number of ether oxygens (including phenoxy) is 2. The van der Waals surface area contributed by atoms with Crippen molar-refractivity contribution in [3.8, 4) is 5.75 Å². The largest absolute Gasteiger partial charge is 0.507 e. The Morgan fingerprint density at radius 2 is 1.70 bits per heavy atom. The lowest BCUT2D eigenvalue weighted by Gasteiger charge is -2.25. The number of aliphatic hydroxyl groups is 1. The molecule has 0 unspecified atom stereocenters. The van der Waals surface area contributed by atoms with Gasteiger partial charge in [-0.1, -0.05) is 67.9 Å². The summed E-state index contributed by atoms with van der Waals surface area (Å²) in [5.74, 6) is -0.567. The second kappa shape index (κ2) is 11.4. The molecule has 3 aromatic carbocycles. The van der Waals surface area contributed by atoms with Crippen molar-refractivity contribution < 1.29 is 24.2 Å². The molecule has 6 heteroatoms. The Balaban J connectivity index is 1.64. The van der Waals surface area contributed by atoms with Crippen LogP contribution in [0.1, 0.15) is 53.6 Å². The van der Waals surface area contributed by atoms with Crippen LogP contribution >= 0.6 is 0 Å². The Labute approximate surface area is 218 Å². The lowest BCUT2D eigenvalue weighted by molar-refractivity contribution is -0.140. The first-order valence-electron chi connectivity index (χ1n) is 12.5. The molecule has 192 valence electrons. The highest BCUT2D eigenvalue weighted by molar-refractivity contribution is 6.46. The Kier molecular flexibility index (Phi) is 8.09. The monoisotopic (exact) mass is 499 g/mol. The quantitative estimate of drug-likeness (QED) is 0.230. The molecule has 1 aliphatic heterocycles. The number of methoxy groups -OCH3 is 1. The zero-order valence-corrected chi connectivity index (χ0v) is 21.7. The number of carbonyl (C=O) groups is 2. The molecule has 1 saturated heterocycles. The summed E-state index contributed by atoms with van der Waals surface area (Å²) in [5, 5.41) is 11.3. The van der Waals surface area contributed by atoms with Gasteiger partial charge in [0.2, 0.25) is 0 Å². The lowest BCUT2D eigenvalue weighted by atomic mass is 9.93. The number of ketones is 1. The highest BCUT2D eigenvalue weighted by atomic mass is 16.5. The maximum absolute atomic E-state index is 13.1. The zero-order chi connectivity index (χ0) is 26.5. The highest BCUT2D eigenvalue weighted by Crippen LogP contribution is 2.39. The van der Waals surface area contributed by atoms with E-state index in [1.807, 2.05) is 49.4 Å². The minimum atomic E-state index is -0.702. The SMILES string of the molecule is COCCN1C(=O)C(=O)C(=C(O)c2ccc(OCc3cccc(C)c3)cc2)[C@H]1c1ccc(C(C)C)cc1. The molecule has 0 spiro atoms. The predicted octanol–water partition coefficient (Wildman–Crippen LogP) is 5.77. The topological polar surface area (TPSA) is 76.1 Å². The number of likely N-dealkylation sites (tertiary alicyclic amines) is 1. The van der Waals surface area contributed by atoms with Crippen molar-refractivity contribution in [1.29, 1.82) is 0 Å². The average molecular weight is 500 g/mol. The molecule has 37 heavy (non-hydrogen) atoms. The van der Waals surface area contributed by atoms with Crippen LogP contribution in [0.4, 0.5) is 0 Å². The van der Waals surface area contributed by atoms with E-state index in [4.69, 9.17) is 9.47 Å². The van der Waals surface area contributed by atoms with Crippen molar-refractivity contribution in [2.75, 3.05) is 20.3 Å². The third-order valence-electron chi connectivity index (χ3n) is 6.61. The maximum atomic E-state index is 13.1. The van der Waals surface area contributed by atoms with Gasteiger partial charge in [0.1, 0.15) is 18.1 Å². The van der Waals surface area contributed by atoms with Crippen LogP contribution in [-0.2, 0) is 20.9 Å². The molecule has 0 aromatic heterocycles. The first-order valence-corrected chi connectivity index (χ1v) is 12.5. The van der Waals surface area contributed by atoms with E-state index in [1.165, 1.54) is 4.90 Å². The number of Topliss-reactive ketones (excluding diaryl/α,β-unsaturated/α-hetero) is 1. The molecule has 1 aliphatic rings. The van der Waals surface area contributed by atoms with Crippen LogP contribution in [0.25, 0.3) is 5.76 Å². The smallest absolute Gasteiger partial charge is 0.295 e. The van der Waals surface area contributed by atoms with Gasteiger partial charge >= 0.3 is 0 Å². The number of hydrogen-bond acceptors (Lipinski definition) is 5. The summed E-state index contributed by atoms with van der Waals surface area (Å²) in [7, 11) is 1.55. The first kappa shape index (κ1) is 26.2. The van der Waals surface area contributed by atoms with Gasteiger partial charge in [-0.05, 0) is 53.8 Å². The average Bonchev–Trinajstić information content (AvgIpc) is 3.15. The minimum Gasteiger partial charge on any atom is -0.507 e. The van der Waals surface area contributed by atoms with Crippen LogP contribution in [0, 0.1) is 6.92 Å². The van der Waals surface area contributed by atoms with E-state index in [1.54, 1.807) is 31.4 Å². The summed E-state index contributed by atoms with van der Waals surface area (Å²) in [6.45, 7) is 7.18. The van der Waals surface area contributed by atoms with Gasteiger partial charge in [-0.2, -0.15) is 0 Å². The van der Waals surface area contributed by atoms with Crippen LogP contribution in [-0.4, -0.2) is 42.0 Å². The van der Waals surface area contributed by atoms with E-state index in [-0.39, 0.29) is 24.5 Å². The van der Waals surface area contributed by atoms with Crippen molar-refractivity contribution in [2.45, 2.75) is 39.3 Å². The molecule has 4 rings (SSSR count). The first-order chi connectivity index (χ1) is 17.8. The van der Waals surface area contributed by atoms with E-state index < -0.39 is 17.7 Å². The molecule has 0 bridgehead atoms. The number of amides is 1. The third kappa shape index (κ3) is 5.75. The summed E-state index contributed by atoms with van der Waals surface area (Å²) < 4.78 is 11.1. The highest BCUT2D eigenvalue weighted by Gasteiger charge is 2.45. The van der Waals surface area contributed by atoms with Crippen molar-refractivity contribution >= 4 is 17.4 Å². The number of aliphatic hydroxyl groups excluding tert-OH is 1. The number of nitrogens with zero attached hydrogens (tertiary/aromatic N) is 1. The Morgan fingerprint density at radius 1 is 1.00 bits per heavy atom. The molecule has 0 radical (unpaired) electrons. The maximum Gasteiger partial charge on any atom is 0.295 e. The Bertz CT molecular complexity index is 1290. The molecular weight excluding hydrogens is 466 g/mol. The second-order valence-corrected chi connectivity index (χ2v) is 9.61. The summed E-state index contributed by atoms with van der Waals surface area (Å²) >= 11 is 0. The van der Waals surface area contributed by atoms with E-state index in [2.05, 4.69) is 19.9 Å². The molecule has 1 heterocycles. The zero-order valence-electron chi connectivity index (χ0n) is 21.7. The van der Waals surface area contributed by atoms with Crippen molar-refractivity contribution in [3.05, 3.63) is 106 Å². The van der Waals surface area contributed by atoms with Crippen LogP contribution < -0.4 is 4.74 Å². The number of aryl methyl sites for hydroxylation is 1. The van der Waals surface area contributed by atoms with Crippen LogP contribution in [0.2, 0.25) is 0 Å². The van der Waals surface area contributed by atoms with Gasteiger partial charge < -0.3 is 19.5 Å². The van der Waals surface area contributed by atoms with E-state index >= 15 is 0 Å². The number of hydrogen-bond donors (Lipinski definition) is 1. The van der Waals surface area contributed by atoms with Crippen LogP contribution in [0.5, 0.6) is 5.75 Å². The summed E-state index contributed by atoms with van der Waals surface area (Å²) in [4.78, 5) is 27.6. The Morgan fingerprint density at radius 3 is 2.32 bits per heavy atom. The lowest BCUT2D eigenvalue weighted by Crippen LogP contribution is -2.32. The summed E-state index contributed by atoms with van der Waals surface area (Å²) in [5.41, 5.74) is 4.66. The van der Waals surface area contributed by atoms with Crippen molar-refractivity contribution in [2.24, 2.45) is 0 Å². The third-order valence-corrected chi connectivity index (χ3v) is 6.61. The minimum absolute atomic E-state index is 0.0758. The van der Waals surface area contributed by atoms with E-state index in [0.717, 1.165) is 22.3 Å². The molecule has 1 atom stereocenters. The molecule has 6 nitrogen and oxygen atoms in total. The standard InChI is InChI=1S/C31H33NO5/c1-20(2)23-8-10-24(11-9-23)28-27(30(34)31(35)32(28)16-17-36-4)29(33)25-12-14-26(15-13-25)37-19-22-7-5-6-21(3)18-22/h5-15,18,20,28,33H,16-17,19H2,1-4H3/t28-/m1/s1. The molecule has 0 saturated carbocycles. The van der Waals surface area contributed by atoms with Crippen molar-refractivity contribution in [1.82, 2.24) is 4.90 Å². The van der Waals surface area contributed by atoms with Crippen LogP contribution in [0.3, 0.4) is 0 Å². The molecular formula is C31H33NO5. The van der Waals surface area contributed by atoms with Gasteiger partial charge in [0.25, 0.3) is 11.7 Å².